The molecule has 2 aromatic rings. The molecule has 2 rings (SSSR count). The number of aromatic nitrogens is 3. The molecule has 0 spiro atoms. The summed E-state index contributed by atoms with van der Waals surface area (Å²) in [6.07, 6.45) is 4.42. The van der Waals surface area contributed by atoms with Crippen molar-refractivity contribution in [1.82, 2.24) is 20.5 Å². The zero-order chi connectivity index (χ0) is 12.3. The van der Waals surface area contributed by atoms with Crippen molar-refractivity contribution in [3.63, 3.8) is 0 Å². The molecular weight excluding hydrogens is 216 g/mol. The maximum absolute atomic E-state index is 5.68. The van der Waals surface area contributed by atoms with Gasteiger partial charge in [-0.05, 0) is 32.0 Å². The van der Waals surface area contributed by atoms with E-state index in [1.165, 1.54) is 0 Å². The van der Waals surface area contributed by atoms with Crippen molar-refractivity contribution in [3.8, 4) is 11.5 Å². The lowest BCUT2D eigenvalue weighted by Crippen LogP contribution is -2.15. The molecule has 2 heterocycles. The van der Waals surface area contributed by atoms with Gasteiger partial charge in [0, 0.05) is 18.0 Å². The molecule has 0 aliphatic heterocycles. The molecule has 0 aromatic carbocycles. The van der Waals surface area contributed by atoms with Crippen LogP contribution < -0.4 is 5.32 Å². The van der Waals surface area contributed by atoms with Gasteiger partial charge >= 0.3 is 0 Å². The van der Waals surface area contributed by atoms with Gasteiger partial charge in [0.25, 0.3) is 0 Å². The molecule has 0 amide bonds. The van der Waals surface area contributed by atoms with Gasteiger partial charge in [0.05, 0.1) is 6.04 Å². The Morgan fingerprint density at radius 3 is 2.88 bits per heavy atom. The van der Waals surface area contributed by atoms with Gasteiger partial charge in [-0.25, -0.2) is 0 Å². The minimum absolute atomic E-state index is 0.110. The van der Waals surface area contributed by atoms with Crippen LogP contribution in [0.15, 0.2) is 22.9 Å². The molecule has 0 saturated heterocycles. The highest BCUT2D eigenvalue weighted by atomic mass is 16.4. The molecule has 0 aliphatic carbocycles. The van der Waals surface area contributed by atoms with Crippen LogP contribution in [0.3, 0.4) is 0 Å². The van der Waals surface area contributed by atoms with Crippen molar-refractivity contribution in [2.75, 3.05) is 7.05 Å². The average molecular weight is 232 g/mol. The zero-order valence-corrected chi connectivity index (χ0v) is 10.3. The lowest BCUT2D eigenvalue weighted by atomic mass is 10.2. The summed E-state index contributed by atoms with van der Waals surface area (Å²) >= 11 is 0. The number of hydrogen-bond donors (Lipinski definition) is 1. The van der Waals surface area contributed by atoms with E-state index in [1.54, 1.807) is 12.4 Å². The van der Waals surface area contributed by atoms with Crippen molar-refractivity contribution >= 4 is 0 Å². The Morgan fingerprint density at radius 2 is 2.24 bits per heavy atom. The molecule has 90 valence electrons. The van der Waals surface area contributed by atoms with E-state index < -0.39 is 0 Å². The molecule has 0 bridgehead atoms. The molecule has 1 N–H and O–H groups in total. The van der Waals surface area contributed by atoms with Crippen molar-refractivity contribution in [3.05, 3.63) is 29.9 Å². The molecule has 2 aromatic heterocycles. The van der Waals surface area contributed by atoms with E-state index in [2.05, 4.69) is 27.4 Å². The number of pyridine rings is 1. The summed E-state index contributed by atoms with van der Waals surface area (Å²) in [5.41, 5.74) is 1.96. The van der Waals surface area contributed by atoms with E-state index in [0.29, 0.717) is 11.8 Å². The summed E-state index contributed by atoms with van der Waals surface area (Å²) in [5, 5.41) is 11.3. The fourth-order valence-corrected chi connectivity index (χ4v) is 1.70. The summed E-state index contributed by atoms with van der Waals surface area (Å²) < 4.78 is 5.68. The summed E-state index contributed by atoms with van der Waals surface area (Å²) in [4.78, 5) is 4.04. The number of nitrogens with zero attached hydrogens (tertiary/aromatic N) is 3. The van der Waals surface area contributed by atoms with E-state index in [0.717, 1.165) is 17.5 Å². The highest BCUT2D eigenvalue weighted by Gasteiger charge is 2.16. The Hall–Kier alpha value is -1.75. The molecule has 1 unspecified atom stereocenters. The Balaban J connectivity index is 2.33. The highest BCUT2D eigenvalue weighted by molar-refractivity contribution is 5.56. The number of rotatable bonds is 4. The summed E-state index contributed by atoms with van der Waals surface area (Å²) in [6.45, 7) is 4.05. The maximum Gasteiger partial charge on any atom is 0.248 e. The van der Waals surface area contributed by atoms with E-state index in [9.17, 15) is 0 Å². The normalized spacial score (nSPS) is 12.6. The Morgan fingerprint density at radius 1 is 1.41 bits per heavy atom. The summed E-state index contributed by atoms with van der Waals surface area (Å²) in [7, 11) is 1.88. The first-order chi connectivity index (χ1) is 8.26. The van der Waals surface area contributed by atoms with Crippen molar-refractivity contribution < 1.29 is 4.42 Å². The van der Waals surface area contributed by atoms with E-state index in [-0.39, 0.29) is 6.04 Å². The molecule has 17 heavy (non-hydrogen) atoms. The molecule has 0 saturated carbocycles. The second-order valence-corrected chi connectivity index (χ2v) is 3.89. The highest BCUT2D eigenvalue weighted by Crippen LogP contribution is 2.23. The predicted molar refractivity (Wildman–Crippen MR) is 64.4 cm³/mol. The fraction of sp³-hybridized carbons (Fsp3) is 0.417. The van der Waals surface area contributed by atoms with Crippen LogP contribution in [0.5, 0.6) is 0 Å². The van der Waals surface area contributed by atoms with Crippen molar-refractivity contribution in [1.29, 1.82) is 0 Å². The third-order valence-electron chi connectivity index (χ3n) is 2.75. The van der Waals surface area contributed by atoms with Crippen LogP contribution in [0, 0.1) is 6.92 Å². The van der Waals surface area contributed by atoms with E-state index in [1.807, 2.05) is 20.0 Å². The molecule has 0 fully saturated rings. The first-order valence-electron chi connectivity index (χ1n) is 5.68. The van der Waals surface area contributed by atoms with Crippen molar-refractivity contribution in [2.45, 2.75) is 26.3 Å². The molecule has 0 radical (unpaired) electrons. The van der Waals surface area contributed by atoms with Crippen LogP contribution in [0.4, 0.5) is 0 Å². The Labute approximate surface area is 100 Å². The maximum atomic E-state index is 5.68. The quantitative estimate of drug-likeness (QED) is 0.874. The van der Waals surface area contributed by atoms with E-state index >= 15 is 0 Å². The van der Waals surface area contributed by atoms with Crippen LogP contribution in [0.1, 0.15) is 30.8 Å². The zero-order valence-electron chi connectivity index (χ0n) is 10.3. The first kappa shape index (κ1) is 11.7. The summed E-state index contributed by atoms with van der Waals surface area (Å²) in [5.74, 6) is 1.18. The van der Waals surface area contributed by atoms with Gasteiger partial charge in [0.1, 0.15) is 0 Å². The third kappa shape index (κ3) is 2.34. The van der Waals surface area contributed by atoms with Crippen molar-refractivity contribution in [2.24, 2.45) is 0 Å². The van der Waals surface area contributed by atoms with Gasteiger partial charge in [-0.3, -0.25) is 4.98 Å². The average Bonchev–Trinajstić information content (AvgIpc) is 2.81. The van der Waals surface area contributed by atoms with Gasteiger partial charge in [-0.1, -0.05) is 6.92 Å². The van der Waals surface area contributed by atoms with Crippen LogP contribution in [-0.4, -0.2) is 22.2 Å². The molecule has 5 heteroatoms. The van der Waals surface area contributed by atoms with Gasteiger partial charge in [-0.2, -0.15) is 0 Å². The predicted octanol–water partition coefficient (Wildman–Crippen LogP) is 2.11. The minimum atomic E-state index is 0.110. The number of hydrogen-bond acceptors (Lipinski definition) is 5. The number of nitrogens with one attached hydrogen (secondary N) is 1. The topological polar surface area (TPSA) is 63.8 Å². The van der Waals surface area contributed by atoms with Gasteiger partial charge < -0.3 is 9.73 Å². The van der Waals surface area contributed by atoms with Crippen LogP contribution in [0.25, 0.3) is 11.5 Å². The molecule has 5 nitrogen and oxygen atoms in total. The summed E-state index contributed by atoms with van der Waals surface area (Å²) in [6, 6.07) is 1.99. The second-order valence-electron chi connectivity index (χ2n) is 3.89. The monoisotopic (exact) mass is 232 g/mol. The van der Waals surface area contributed by atoms with Crippen LogP contribution in [-0.2, 0) is 0 Å². The largest absolute Gasteiger partial charge is 0.419 e. The van der Waals surface area contributed by atoms with Crippen LogP contribution in [0.2, 0.25) is 0 Å². The smallest absolute Gasteiger partial charge is 0.248 e. The lowest BCUT2D eigenvalue weighted by molar-refractivity contribution is 0.415. The Bertz CT molecular complexity index is 491. The SMILES string of the molecule is CCC(NC)c1nnc(-c2ccncc2C)o1. The molecule has 0 aliphatic rings. The molecular formula is C12H16N4O. The standard InChI is InChI=1S/C12H16N4O/c1-4-10(13-3)12-16-15-11(17-12)9-5-6-14-7-8(9)2/h5-7,10,13H,4H2,1-3H3. The van der Waals surface area contributed by atoms with Gasteiger partial charge in [0.15, 0.2) is 0 Å². The van der Waals surface area contributed by atoms with E-state index in [4.69, 9.17) is 4.42 Å². The third-order valence-corrected chi connectivity index (χ3v) is 2.75. The second kappa shape index (κ2) is 5.05. The number of aryl methyl sites for hydroxylation is 1. The van der Waals surface area contributed by atoms with Gasteiger partial charge in [-0.15, -0.1) is 10.2 Å². The van der Waals surface area contributed by atoms with Gasteiger partial charge in [0.2, 0.25) is 11.8 Å². The van der Waals surface area contributed by atoms with Crippen LogP contribution >= 0.6 is 0 Å². The molecule has 1 atom stereocenters. The first-order valence-corrected chi connectivity index (χ1v) is 5.68. The Kier molecular flexibility index (Phi) is 3.49. The minimum Gasteiger partial charge on any atom is -0.419 e. The lowest BCUT2D eigenvalue weighted by Gasteiger charge is -2.07. The fourth-order valence-electron chi connectivity index (χ4n) is 1.70.